The third kappa shape index (κ3) is 4.69. The zero-order valence-electron chi connectivity index (χ0n) is 3.92. The molecule has 0 aliphatic rings. The Hall–Kier alpha value is 0.833. The van der Waals surface area contributed by atoms with E-state index in [9.17, 15) is 0 Å². The van der Waals surface area contributed by atoms with Gasteiger partial charge in [-0.15, -0.1) is 0 Å². The van der Waals surface area contributed by atoms with Crippen molar-refractivity contribution in [2.75, 3.05) is 0 Å². The van der Waals surface area contributed by atoms with Gasteiger partial charge in [-0.3, -0.25) is 0 Å². The van der Waals surface area contributed by atoms with E-state index in [1.807, 2.05) is 0 Å². The topological polar surface area (TPSA) is 26.0 Å². The Kier molecular flexibility index (Phi) is 10.5. The summed E-state index contributed by atoms with van der Waals surface area (Å²) in [5.41, 5.74) is 0. The minimum atomic E-state index is 0. The van der Waals surface area contributed by atoms with Crippen molar-refractivity contribution >= 4 is 0 Å². The number of hydrogen-bond donors (Lipinski definition) is 0. The first-order valence-electron chi connectivity index (χ1n) is 1.32. The smallest absolute Gasteiger partial charge is 0.452 e. The largest absolute Gasteiger partial charge is 3.00 e. The molecular formula is C3H3NNaORh+4. The van der Waals surface area contributed by atoms with Crippen LogP contribution in [0.4, 0.5) is 0 Å². The molecule has 1 aromatic heterocycles. The van der Waals surface area contributed by atoms with Crippen LogP contribution in [-0.2, 0) is 19.5 Å². The molecule has 2 nitrogen and oxygen atoms in total. The first kappa shape index (κ1) is 10.7. The molecule has 32 valence electrons. The van der Waals surface area contributed by atoms with E-state index in [0.717, 1.165) is 0 Å². The maximum absolute atomic E-state index is 4.47. The van der Waals surface area contributed by atoms with E-state index in [0.29, 0.717) is 0 Å². The fourth-order valence-corrected chi connectivity index (χ4v) is 0.176. The van der Waals surface area contributed by atoms with Crippen molar-refractivity contribution < 1.29 is 53.5 Å². The van der Waals surface area contributed by atoms with Crippen LogP contribution in [-0.4, -0.2) is 4.98 Å². The average molecular weight is 195 g/mol. The zero-order chi connectivity index (χ0) is 3.54. The Morgan fingerprint density at radius 1 is 1.43 bits per heavy atom. The molecule has 0 N–H and O–H groups in total. The van der Waals surface area contributed by atoms with Gasteiger partial charge in [0.05, 0.1) is 6.20 Å². The van der Waals surface area contributed by atoms with E-state index in [4.69, 9.17) is 0 Å². The number of nitrogens with zero attached hydrogens (tertiary/aromatic N) is 1. The van der Waals surface area contributed by atoms with Crippen LogP contribution >= 0.6 is 0 Å². The van der Waals surface area contributed by atoms with E-state index in [1.165, 1.54) is 12.7 Å². The summed E-state index contributed by atoms with van der Waals surface area (Å²) >= 11 is 0. The first-order valence-corrected chi connectivity index (χ1v) is 1.32. The molecule has 7 heavy (non-hydrogen) atoms. The quantitative estimate of drug-likeness (QED) is 0.434. The van der Waals surface area contributed by atoms with E-state index in [2.05, 4.69) is 9.40 Å². The molecule has 0 atom stereocenters. The van der Waals surface area contributed by atoms with Crippen LogP contribution < -0.4 is 29.6 Å². The molecule has 1 rings (SSSR count). The van der Waals surface area contributed by atoms with Crippen molar-refractivity contribution in [1.82, 2.24) is 4.98 Å². The van der Waals surface area contributed by atoms with E-state index in [-0.39, 0.29) is 49.0 Å². The van der Waals surface area contributed by atoms with Crippen molar-refractivity contribution in [3.05, 3.63) is 18.9 Å². The van der Waals surface area contributed by atoms with Crippen molar-refractivity contribution in [3.8, 4) is 0 Å². The van der Waals surface area contributed by atoms with Gasteiger partial charge in [0, 0.05) is 0 Å². The van der Waals surface area contributed by atoms with Crippen LogP contribution in [0.2, 0.25) is 0 Å². The van der Waals surface area contributed by atoms with Crippen LogP contribution in [0.25, 0.3) is 0 Å². The summed E-state index contributed by atoms with van der Waals surface area (Å²) < 4.78 is 4.47. The molecule has 0 aromatic carbocycles. The molecule has 4 heteroatoms. The van der Waals surface area contributed by atoms with Gasteiger partial charge in [0.2, 0.25) is 0 Å². The predicted molar refractivity (Wildman–Crippen MR) is 16.5 cm³/mol. The molecular weight excluding hydrogens is 192 g/mol. The summed E-state index contributed by atoms with van der Waals surface area (Å²) in [6.07, 6.45) is 4.47. The summed E-state index contributed by atoms with van der Waals surface area (Å²) in [6, 6.07) is 0. The minimum absolute atomic E-state index is 0. The number of oxazole rings is 1. The van der Waals surface area contributed by atoms with Crippen LogP contribution in [0.5, 0.6) is 0 Å². The Bertz CT molecular complexity index is 71.4. The van der Waals surface area contributed by atoms with Gasteiger partial charge in [-0.25, -0.2) is 4.98 Å². The third-order valence-corrected chi connectivity index (χ3v) is 0.347. The van der Waals surface area contributed by atoms with Gasteiger partial charge in [0.25, 0.3) is 0 Å². The Morgan fingerprint density at radius 2 is 2.14 bits per heavy atom. The van der Waals surface area contributed by atoms with Crippen molar-refractivity contribution in [2.45, 2.75) is 0 Å². The van der Waals surface area contributed by atoms with Gasteiger partial charge >= 0.3 is 49.0 Å². The monoisotopic (exact) mass is 195 g/mol. The molecule has 0 unspecified atom stereocenters. The molecule has 0 aliphatic carbocycles. The van der Waals surface area contributed by atoms with E-state index < -0.39 is 0 Å². The Labute approximate surface area is 76.7 Å². The number of rotatable bonds is 0. The Balaban J connectivity index is 0. The molecule has 0 spiro atoms. The van der Waals surface area contributed by atoms with Gasteiger partial charge in [0.15, 0.2) is 6.39 Å². The fraction of sp³-hybridized carbons (Fsp3) is 0. The summed E-state index contributed by atoms with van der Waals surface area (Å²) in [5.74, 6) is 0. The fourth-order valence-electron chi connectivity index (χ4n) is 0.176. The zero-order valence-corrected chi connectivity index (χ0v) is 7.56. The second-order valence-corrected chi connectivity index (χ2v) is 0.676. The summed E-state index contributed by atoms with van der Waals surface area (Å²) in [7, 11) is 0. The van der Waals surface area contributed by atoms with Gasteiger partial charge in [0.1, 0.15) is 6.26 Å². The number of aromatic nitrogens is 1. The molecule has 0 amide bonds. The molecule has 0 fully saturated rings. The molecule has 0 saturated carbocycles. The van der Waals surface area contributed by atoms with Crippen molar-refractivity contribution in [2.24, 2.45) is 0 Å². The third-order valence-electron chi connectivity index (χ3n) is 0.347. The Morgan fingerprint density at radius 3 is 2.29 bits per heavy atom. The summed E-state index contributed by atoms with van der Waals surface area (Å²) in [6.45, 7) is 0. The van der Waals surface area contributed by atoms with Crippen molar-refractivity contribution in [1.29, 1.82) is 0 Å². The van der Waals surface area contributed by atoms with E-state index in [1.54, 1.807) is 6.20 Å². The molecule has 0 saturated heterocycles. The van der Waals surface area contributed by atoms with Crippen LogP contribution in [0.1, 0.15) is 0 Å². The second-order valence-electron chi connectivity index (χ2n) is 0.676. The predicted octanol–water partition coefficient (Wildman–Crippen LogP) is -2.32. The second kappa shape index (κ2) is 6.83. The summed E-state index contributed by atoms with van der Waals surface area (Å²) in [4.78, 5) is 3.56. The van der Waals surface area contributed by atoms with E-state index >= 15 is 0 Å². The number of hydrogen-bond acceptors (Lipinski definition) is 2. The standard InChI is InChI=1S/C3H3NO.Na.Rh/c1-2-5-3-4-1;;/h1-3H;;/q;+1;+3. The van der Waals surface area contributed by atoms with Crippen LogP contribution in [0.15, 0.2) is 23.3 Å². The molecule has 1 heterocycles. The first-order chi connectivity index (χ1) is 2.50. The SMILES string of the molecule is [Na+].[Rh+3].c1cocn1. The molecule has 0 aliphatic heterocycles. The van der Waals surface area contributed by atoms with Crippen LogP contribution in [0, 0.1) is 0 Å². The molecule has 0 bridgehead atoms. The van der Waals surface area contributed by atoms with Crippen molar-refractivity contribution in [3.63, 3.8) is 0 Å². The summed E-state index contributed by atoms with van der Waals surface area (Å²) in [5, 5.41) is 0. The maximum Gasteiger partial charge on any atom is 3.00 e. The minimum Gasteiger partial charge on any atom is -0.452 e. The molecule has 1 aromatic rings. The van der Waals surface area contributed by atoms with Gasteiger partial charge in [-0.1, -0.05) is 0 Å². The van der Waals surface area contributed by atoms with Gasteiger partial charge in [-0.2, -0.15) is 0 Å². The maximum atomic E-state index is 4.47. The van der Waals surface area contributed by atoms with Crippen LogP contribution in [0.3, 0.4) is 0 Å². The van der Waals surface area contributed by atoms with Gasteiger partial charge in [-0.05, 0) is 0 Å². The normalized spacial score (nSPS) is 5.71. The average Bonchev–Trinajstić information content (AvgIpc) is 1.76. The van der Waals surface area contributed by atoms with Gasteiger partial charge < -0.3 is 4.42 Å². The molecule has 0 radical (unpaired) electrons.